The minimum atomic E-state index is -1.20. The van der Waals surface area contributed by atoms with E-state index in [0.717, 1.165) is 16.9 Å². The third-order valence-corrected chi connectivity index (χ3v) is 3.26. The van der Waals surface area contributed by atoms with Gasteiger partial charge >= 0.3 is 5.97 Å². The number of thiazole rings is 1. The molecule has 0 aliphatic rings. The van der Waals surface area contributed by atoms with Crippen molar-refractivity contribution < 1.29 is 14.7 Å². The van der Waals surface area contributed by atoms with E-state index in [1.165, 1.54) is 6.92 Å². The predicted molar refractivity (Wildman–Crippen MR) is 65.0 cm³/mol. The molecule has 0 aromatic carbocycles. The lowest BCUT2D eigenvalue weighted by atomic mass is 10.3. The van der Waals surface area contributed by atoms with Crippen molar-refractivity contribution in [1.82, 2.24) is 15.2 Å². The van der Waals surface area contributed by atoms with Gasteiger partial charge in [-0.05, 0) is 0 Å². The van der Waals surface area contributed by atoms with Crippen molar-refractivity contribution in [2.45, 2.75) is 13.5 Å². The van der Waals surface area contributed by atoms with E-state index in [1.54, 1.807) is 12.4 Å². The van der Waals surface area contributed by atoms with Gasteiger partial charge in [0.15, 0.2) is 16.6 Å². The van der Waals surface area contributed by atoms with Crippen LogP contribution in [0.5, 0.6) is 0 Å². The van der Waals surface area contributed by atoms with E-state index in [0.29, 0.717) is 11.7 Å². The molecule has 0 amide bonds. The fraction of sp³-hybridized carbons (Fsp3) is 0.200. The number of aromatic nitrogens is 3. The highest BCUT2D eigenvalue weighted by Gasteiger charge is 2.20. The molecule has 0 saturated carbocycles. The second-order valence-electron chi connectivity index (χ2n) is 3.52. The Labute approximate surface area is 106 Å². The van der Waals surface area contributed by atoms with Gasteiger partial charge in [0, 0.05) is 25.2 Å². The molecule has 0 saturated heterocycles. The molecule has 0 bridgehead atoms. The Balaban J connectivity index is 2.16. The van der Waals surface area contributed by atoms with Crippen LogP contribution in [0.1, 0.15) is 32.6 Å². The molecule has 0 fully saturated rings. The van der Waals surface area contributed by atoms with Crippen LogP contribution in [0.4, 0.5) is 5.13 Å². The Bertz CT molecular complexity index is 544. The zero-order valence-corrected chi connectivity index (χ0v) is 10.2. The summed E-state index contributed by atoms with van der Waals surface area (Å²) in [5.74, 6) is -1.51. The van der Waals surface area contributed by atoms with Gasteiger partial charge in [0.2, 0.25) is 0 Å². The zero-order valence-electron chi connectivity index (χ0n) is 9.43. The summed E-state index contributed by atoms with van der Waals surface area (Å²) in [4.78, 5) is 26.2. The Morgan fingerprint density at radius 2 is 2.33 bits per heavy atom. The van der Waals surface area contributed by atoms with Gasteiger partial charge < -0.3 is 10.4 Å². The normalized spacial score (nSPS) is 10.3. The molecule has 0 aliphatic heterocycles. The summed E-state index contributed by atoms with van der Waals surface area (Å²) in [7, 11) is 0. The first-order valence-electron chi connectivity index (χ1n) is 5.04. The zero-order chi connectivity index (χ0) is 13.1. The number of Topliss-reactive ketones (excluding diaryl/α,β-unsaturated/α-hetero) is 1. The molecule has 8 heteroatoms. The number of anilines is 1. The first-order chi connectivity index (χ1) is 8.58. The summed E-state index contributed by atoms with van der Waals surface area (Å²) in [5, 5.41) is 18.7. The van der Waals surface area contributed by atoms with Crippen LogP contribution >= 0.6 is 11.3 Å². The Hall–Kier alpha value is -2.22. The molecule has 2 aromatic rings. The van der Waals surface area contributed by atoms with Crippen molar-refractivity contribution in [3.05, 3.63) is 28.5 Å². The first-order valence-corrected chi connectivity index (χ1v) is 5.86. The molecule has 0 atom stereocenters. The van der Waals surface area contributed by atoms with Gasteiger partial charge in [0.1, 0.15) is 4.88 Å². The average Bonchev–Trinajstić information content (AvgIpc) is 2.95. The number of hydrogen-bond donors (Lipinski definition) is 3. The number of carbonyl (C=O) groups excluding carboxylic acids is 1. The van der Waals surface area contributed by atoms with Crippen LogP contribution in [0.2, 0.25) is 0 Å². The molecule has 2 rings (SSSR count). The molecule has 0 aliphatic carbocycles. The molecule has 0 radical (unpaired) electrons. The third kappa shape index (κ3) is 2.54. The van der Waals surface area contributed by atoms with Gasteiger partial charge in [-0.1, -0.05) is 11.3 Å². The molecular weight excluding hydrogens is 256 g/mol. The van der Waals surface area contributed by atoms with Crippen LogP contribution in [0.15, 0.2) is 12.4 Å². The number of nitrogens with zero attached hydrogens (tertiary/aromatic N) is 2. The Morgan fingerprint density at radius 3 is 2.83 bits per heavy atom. The number of aromatic carboxylic acids is 1. The number of hydrogen-bond acceptors (Lipinski definition) is 6. The average molecular weight is 266 g/mol. The molecule has 94 valence electrons. The fourth-order valence-corrected chi connectivity index (χ4v) is 2.18. The number of carbonyl (C=O) groups is 2. The number of carboxylic acids is 1. The molecule has 18 heavy (non-hydrogen) atoms. The van der Waals surface area contributed by atoms with E-state index < -0.39 is 5.97 Å². The van der Waals surface area contributed by atoms with Crippen molar-refractivity contribution in [3.63, 3.8) is 0 Å². The SMILES string of the molecule is CC(=O)c1sc(NCc2cn[nH]c2)nc1C(=O)O. The first kappa shape index (κ1) is 12.2. The van der Waals surface area contributed by atoms with Crippen molar-refractivity contribution in [2.24, 2.45) is 0 Å². The van der Waals surface area contributed by atoms with Crippen LogP contribution in [0, 0.1) is 0 Å². The summed E-state index contributed by atoms with van der Waals surface area (Å²) in [6.45, 7) is 1.78. The molecular formula is C10H10N4O3S. The van der Waals surface area contributed by atoms with E-state index in [2.05, 4.69) is 20.5 Å². The molecule has 0 unspecified atom stereocenters. The lowest BCUT2D eigenvalue weighted by molar-refractivity contribution is 0.0687. The summed E-state index contributed by atoms with van der Waals surface area (Å²) in [6.07, 6.45) is 3.36. The van der Waals surface area contributed by atoms with Gasteiger partial charge in [0.05, 0.1) is 6.20 Å². The Kier molecular flexibility index (Phi) is 3.38. The van der Waals surface area contributed by atoms with Gasteiger partial charge in [-0.25, -0.2) is 9.78 Å². The predicted octanol–water partition coefficient (Wildman–Crippen LogP) is 1.38. The maximum absolute atomic E-state index is 11.3. The van der Waals surface area contributed by atoms with Crippen LogP contribution in [0.3, 0.4) is 0 Å². The fourth-order valence-electron chi connectivity index (χ4n) is 1.33. The standard InChI is InChI=1S/C10H10N4O3S/c1-5(15)8-7(9(16)17)14-10(18-8)11-2-6-3-12-13-4-6/h3-4H,2H2,1H3,(H,11,14)(H,12,13)(H,16,17). The van der Waals surface area contributed by atoms with Crippen molar-refractivity contribution in [3.8, 4) is 0 Å². The number of rotatable bonds is 5. The minimum Gasteiger partial charge on any atom is -0.476 e. The largest absolute Gasteiger partial charge is 0.476 e. The third-order valence-electron chi connectivity index (χ3n) is 2.15. The topological polar surface area (TPSA) is 108 Å². The van der Waals surface area contributed by atoms with E-state index in [4.69, 9.17) is 5.11 Å². The highest BCUT2D eigenvalue weighted by Crippen LogP contribution is 2.24. The van der Waals surface area contributed by atoms with Crippen LogP contribution in [-0.2, 0) is 6.54 Å². The van der Waals surface area contributed by atoms with Gasteiger partial charge in [-0.2, -0.15) is 5.10 Å². The monoisotopic (exact) mass is 266 g/mol. The summed E-state index contributed by atoms with van der Waals surface area (Å²) < 4.78 is 0. The van der Waals surface area contributed by atoms with Crippen LogP contribution in [0.25, 0.3) is 0 Å². The van der Waals surface area contributed by atoms with Gasteiger partial charge in [0.25, 0.3) is 0 Å². The number of ketones is 1. The summed E-state index contributed by atoms with van der Waals surface area (Å²) in [6, 6.07) is 0. The lowest BCUT2D eigenvalue weighted by Crippen LogP contribution is -2.04. The molecule has 3 N–H and O–H groups in total. The van der Waals surface area contributed by atoms with Gasteiger partial charge in [-0.3, -0.25) is 9.89 Å². The Morgan fingerprint density at radius 1 is 1.56 bits per heavy atom. The highest BCUT2D eigenvalue weighted by molar-refractivity contribution is 7.17. The number of carboxylic acid groups (broad SMARTS) is 1. The molecule has 2 aromatic heterocycles. The molecule has 2 heterocycles. The second-order valence-corrected chi connectivity index (χ2v) is 4.52. The van der Waals surface area contributed by atoms with Crippen LogP contribution < -0.4 is 5.32 Å². The summed E-state index contributed by atoms with van der Waals surface area (Å²) in [5.41, 5.74) is 0.702. The maximum Gasteiger partial charge on any atom is 0.356 e. The smallest absolute Gasteiger partial charge is 0.356 e. The van der Waals surface area contributed by atoms with E-state index in [9.17, 15) is 9.59 Å². The second kappa shape index (κ2) is 4.96. The number of aromatic amines is 1. The molecule has 7 nitrogen and oxygen atoms in total. The number of H-pyrrole nitrogens is 1. The van der Waals surface area contributed by atoms with Crippen LogP contribution in [-0.4, -0.2) is 32.0 Å². The highest BCUT2D eigenvalue weighted by atomic mass is 32.1. The van der Waals surface area contributed by atoms with Gasteiger partial charge in [-0.15, -0.1) is 0 Å². The van der Waals surface area contributed by atoms with Crippen molar-refractivity contribution >= 4 is 28.2 Å². The summed E-state index contributed by atoms with van der Waals surface area (Å²) >= 11 is 1.03. The maximum atomic E-state index is 11.3. The quantitative estimate of drug-likeness (QED) is 0.705. The van der Waals surface area contributed by atoms with E-state index in [1.807, 2.05) is 0 Å². The molecule has 0 spiro atoms. The van der Waals surface area contributed by atoms with Crippen molar-refractivity contribution in [1.29, 1.82) is 0 Å². The van der Waals surface area contributed by atoms with Crippen molar-refractivity contribution in [2.75, 3.05) is 5.32 Å². The van der Waals surface area contributed by atoms with E-state index in [-0.39, 0.29) is 16.4 Å². The lowest BCUT2D eigenvalue weighted by Gasteiger charge is -1.97. The minimum absolute atomic E-state index is 0.150. The number of nitrogens with one attached hydrogen (secondary N) is 2. The van der Waals surface area contributed by atoms with E-state index >= 15 is 0 Å².